The fourth-order valence-electron chi connectivity index (χ4n) is 0.346. The molecule has 1 aromatic rings. The monoisotopic (exact) mass is 129 g/mol. The third-order valence-electron chi connectivity index (χ3n) is 0.637. The molecular weight excluding hydrogens is 124 g/mol. The van der Waals surface area contributed by atoms with Crippen LogP contribution in [0.5, 0.6) is 0 Å². The van der Waals surface area contributed by atoms with E-state index in [9.17, 15) is 0 Å². The van der Waals surface area contributed by atoms with E-state index in [2.05, 4.69) is 12.3 Å². The number of thiophene rings is 1. The van der Waals surface area contributed by atoms with Gasteiger partial charge in [-0.2, -0.15) is 0 Å². The van der Waals surface area contributed by atoms with E-state index >= 15 is 0 Å². The van der Waals surface area contributed by atoms with Gasteiger partial charge < -0.3 is 0 Å². The summed E-state index contributed by atoms with van der Waals surface area (Å²) in [6.07, 6.45) is 3.66. The molecule has 1 aromatic heterocycles. The lowest BCUT2D eigenvalue weighted by Crippen LogP contribution is -1.42. The zero-order valence-corrected chi connectivity index (χ0v) is 5.39. The van der Waals surface area contributed by atoms with E-state index in [0.717, 1.165) is 0 Å². The largest absolute Gasteiger partial charge is 0.137 e. The molecular formula is C5H5S2. The van der Waals surface area contributed by atoms with Crippen LogP contribution in [0, 0.1) is 6.26 Å². The van der Waals surface area contributed by atoms with E-state index in [1.807, 2.05) is 11.4 Å². The highest BCUT2D eigenvalue weighted by molar-refractivity contribution is 8.02. The zero-order chi connectivity index (χ0) is 5.11. The Balaban J connectivity index is 2.76. The van der Waals surface area contributed by atoms with Crippen molar-refractivity contribution in [3.63, 3.8) is 0 Å². The molecule has 37 valence electrons. The van der Waals surface area contributed by atoms with Gasteiger partial charge in [-0.3, -0.25) is 0 Å². The maximum absolute atomic E-state index is 3.66. The third-order valence-corrected chi connectivity index (χ3v) is 2.36. The van der Waals surface area contributed by atoms with Crippen molar-refractivity contribution in [2.75, 3.05) is 0 Å². The average Bonchev–Trinajstić information content (AvgIpc) is 2.14. The molecule has 1 radical (unpaired) electrons. The first-order valence-electron chi connectivity index (χ1n) is 1.89. The molecule has 0 aliphatic carbocycles. The van der Waals surface area contributed by atoms with Crippen LogP contribution >= 0.6 is 23.1 Å². The Morgan fingerprint density at radius 3 is 2.86 bits per heavy atom. The highest BCUT2D eigenvalue weighted by Gasteiger charge is 1.83. The van der Waals surface area contributed by atoms with Crippen molar-refractivity contribution in [1.82, 2.24) is 0 Å². The minimum absolute atomic E-state index is 1.28. The summed E-state index contributed by atoms with van der Waals surface area (Å²) in [5, 5.41) is 2.05. The Morgan fingerprint density at radius 1 is 1.71 bits per heavy atom. The minimum atomic E-state index is 1.28. The standard InChI is InChI=1S/C5H5S2/c1-6-5-3-2-4-7-5/h2-4H,1H2. The third kappa shape index (κ3) is 1.21. The first-order valence-corrected chi connectivity index (χ1v) is 3.75. The summed E-state index contributed by atoms with van der Waals surface area (Å²) in [6.45, 7) is 0. The normalized spacial score (nSPS) is 9.29. The van der Waals surface area contributed by atoms with Crippen LogP contribution in [-0.4, -0.2) is 0 Å². The SMILES string of the molecule is [CH2]Sc1cccs1. The van der Waals surface area contributed by atoms with Crippen molar-refractivity contribution in [2.45, 2.75) is 4.21 Å². The molecule has 1 rings (SSSR count). The second-order valence-corrected chi connectivity index (χ2v) is 3.01. The Morgan fingerprint density at radius 2 is 2.57 bits per heavy atom. The Bertz CT molecular complexity index is 121. The van der Waals surface area contributed by atoms with Crippen molar-refractivity contribution in [2.24, 2.45) is 0 Å². The van der Waals surface area contributed by atoms with E-state index < -0.39 is 0 Å². The fraction of sp³-hybridized carbons (Fsp3) is 0. The van der Waals surface area contributed by atoms with Gasteiger partial charge >= 0.3 is 0 Å². The van der Waals surface area contributed by atoms with Gasteiger partial charge in [0.1, 0.15) is 0 Å². The predicted molar refractivity (Wildman–Crippen MR) is 35.5 cm³/mol. The van der Waals surface area contributed by atoms with Crippen LogP contribution in [0.3, 0.4) is 0 Å². The molecule has 1 heterocycles. The van der Waals surface area contributed by atoms with Crippen molar-refractivity contribution < 1.29 is 0 Å². The molecule has 0 unspecified atom stereocenters. The first-order chi connectivity index (χ1) is 3.43. The summed E-state index contributed by atoms with van der Waals surface area (Å²) in [5.41, 5.74) is 0. The number of rotatable bonds is 1. The first kappa shape index (κ1) is 5.19. The van der Waals surface area contributed by atoms with Gasteiger partial charge in [-0.25, -0.2) is 0 Å². The molecule has 0 N–H and O–H groups in total. The summed E-state index contributed by atoms with van der Waals surface area (Å²) in [4.78, 5) is 0. The molecule has 0 fully saturated rings. The van der Waals surface area contributed by atoms with Crippen molar-refractivity contribution >= 4 is 23.1 Å². The lowest BCUT2D eigenvalue weighted by molar-refractivity contribution is 1.75. The number of hydrogen-bond donors (Lipinski definition) is 0. The van der Waals surface area contributed by atoms with Gasteiger partial charge in [0.2, 0.25) is 0 Å². The molecule has 0 aromatic carbocycles. The zero-order valence-electron chi connectivity index (χ0n) is 3.76. The van der Waals surface area contributed by atoms with Gasteiger partial charge in [-0.05, 0) is 11.4 Å². The van der Waals surface area contributed by atoms with Gasteiger partial charge in [0.25, 0.3) is 0 Å². The van der Waals surface area contributed by atoms with Gasteiger partial charge in [0.15, 0.2) is 0 Å². The Hall–Kier alpha value is 0.0500. The van der Waals surface area contributed by atoms with Crippen LogP contribution in [-0.2, 0) is 0 Å². The lowest BCUT2D eigenvalue weighted by Gasteiger charge is -1.78. The molecule has 0 saturated heterocycles. The fourth-order valence-corrected chi connectivity index (χ4v) is 1.41. The highest BCUT2D eigenvalue weighted by atomic mass is 32.2. The molecule has 0 aliphatic rings. The van der Waals surface area contributed by atoms with Crippen LogP contribution in [0.4, 0.5) is 0 Å². The van der Waals surface area contributed by atoms with E-state index in [0.29, 0.717) is 0 Å². The van der Waals surface area contributed by atoms with Crippen LogP contribution in [0.1, 0.15) is 0 Å². The van der Waals surface area contributed by atoms with E-state index in [1.165, 1.54) is 4.21 Å². The maximum Gasteiger partial charge on any atom is 0.0598 e. The quantitative estimate of drug-likeness (QED) is 0.525. The highest BCUT2D eigenvalue weighted by Crippen LogP contribution is 2.20. The molecule has 0 spiro atoms. The van der Waals surface area contributed by atoms with Crippen LogP contribution in [0.2, 0.25) is 0 Å². The molecule has 2 heteroatoms. The summed E-state index contributed by atoms with van der Waals surface area (Å²) in [6, 6.07) is 4.08. The molecule has 7 heavy (non-hydrogen) atoms. The second-order valence-electron chi connectivity index (χ2n) is 1.08. The van der Waals surface area contributed by atoms with Crippen molar-refractivity contribution in [3.05, 3.63) is 23.8 Å². The lowest BCUT2D eigenvalue weighted by atomic mass is 10.7. The van der Waals surface area contributed by atoms with E-state index in [-0.39, 0.29) is 0 Å². The van der Waals surface area contributed by atoms with E-state index in [4.69, 9.17) is 0 Å². The molecule has 0 bridgehead atoms. The van der Waals surface area contributed by atoms with Gasteiger partial charge in [0.05, 0.1) is 4.21 Å². The molecule has 0 nitrogen and oxygen atoms in total. The summed E-state index contributed by atoms with van der Waals surface area (Å²) in [7, 11) is 0. The molecule has 0 atom stereocenters. The Labute approximate surface area is 51.6 Å². The summed E-state index contributed by atoms with van der Waals surface area (Å²) >= 11 is 3.27. The van der Waals surface area contributed by atoms with Gasteiger partial charge in [-0.1, -0.05) is 6.07 Å². The van der Waals surface area contributed by atoms with Crippen LogP contribution in [0.25, 0.3) is 0 Å². The maximum atomic E-state index is 3.66. The molecule has 0 saturated carbocycles. The smallest absolute Gasteiger partial charge is 0.0598 e. The van der Waals surface area contributed by atoms with E-state index in [1.54, 1.807) is 23.1 Å². The Kier molecular flexibility index (Phi) is 1.77. The van der Waals surface area contributed by atoms with Crippen molar-refractivity contribution in [3.8, 4) is 0 Å². The predicted octanol–water partition coefficient (Wildman–Crippen LogP) is 2.63. The minimum Gasteiger partial charge on any atom is -0.137 e. The summed E-state index contributed by atoms with van der Waals surface area (Å²) < 4.78 is 1.28. The van der Waals surface area contributed by atoms with Crippen molar-refractivity contribution in [1.29, 1.82) is 0 Å². The van der Waals surface area contributed by atoms with Gasteiger partial charge in [0, 0.05) is 6.26 Å². The van der Waals surface area contributed by atoms with Crippen LogP contribution in [0.15, 0.2) is 21.7 Å². The topological polar surface area (TPSA) is 0 Å². The van der Waals surface area contributed by atoms with Crippen LogP contribution < -0.4 is 0 Å². The summed E-state index contributed by atoms with van der Waals surface area (Å²) in [5.74, 6) is 0. The molecule has 0 aliphatic heterocycles. The van der Waals surface area contributed by atoms with Gasteiger partial charge in [-0.15, -0.1) is 23.1 Å². The molecule has 0 amide bonds. The number of hydrogen-bond acceptors (Lipinski definition) is 2. The number of thioether (sulfide) groups is 1. The average molecular weight is 129 g/mol. The second kappa shape index (κ2) is 2.38.